The Morgan fingerprint density at radius 3 is 2.32 bits per heavy atom. The van der Waals surface area contributed by atoms with Gasteiger partial charge in [-0.25, -0.2) is 9.78 Å². The molecule has 1 atom stereocenters. The Morgan fingerprint density at radius 2 is 1.75 bits per heavy atom. The molecule has 7 nitrogen and oxygen atoms in total. The van der Waals surface area contributed by atoms with Crippen LogP contribution in [0.1, 0.15) is 22.7 Å². The lowest BCUT2D eigenvalue weighted by Gasteiger charge is -2.20. The van der Waals surface area contributed by atoms with E-state index in [9.17, 15) is 14.7 Å². The van der Waals surface area contributed by atoms with Gasteiger partial charge >= 0.3 is 6.09 Å². The lowest BCUT2D eigenvalue weighted by atomic mass is 9.98. The van der Waals surface area contributed by atoms with E-state index < -0.39 is 18.1 Å². The van der Waals surface area contributed by atoms with Gasteiger partial charge in [0.2, 0.25) is 0 Å². The molecule has 0 spiro atoms. The van der Waals surface area contributed by atoms with Gasteiger partial charge in [0.25, 0.3) is 0 Å². The fraction of sp³-hybridized carbons (Fsp3) is 0.190. The Hall–Kier alpha value is -3.61. The molecule has 0 unspecified atom stereocenters. The van der Waals surface area contributed by atoms with E-state index in [0.29, 0.717) is 5.69 Å². The zero-order valence-corrected chi connectivity index (χ0v) is 14.9. The summed E-state index contributed by atoms with van der Waals surface area (Å²) in [7, 11) is 0. The summed E-state index contributed by atoms with van der Waals surface area (Å²) in [6.45, 7) is 0.115. The van der Waals surface area contributed by atoms with Gasteiger partial charge in [-0.1, -0.05) is 48.5 Å². The highest BCUT2D eigenvalue weighted by molar-refractivity contribution is 5.80. The van der Waals surface area contributed by atoms with Gasteiger partial charge in [0.1, 0.15) is 6.61 Å². The van der Waals surface area contributed by atoms with Crippen molar-refractivity contribution in [2.45, 2.75) is 18.4 Å². The number of fused-ring (bicyclic) bond motifs is 3. The normalized spacial score (nSPS) is 13.4. The summed E-state index contributed by atoms with van der Waals surface area (Å²) < 4.78 is 5.37. The van der Waals surface area contributed by atoms with Crippen LogP contribution in [0.2, 0.25) is 0 Å². The molecule has 0 aliphatic heterocycles. The van der Waals surface area contributed by atoms with Gasteiger partial charge in [-0.3, -0.25) is 0 Å². The van der Waals surface area contributed by atoms with Crippen LogP contribution in [0.15, 0.2) is 61.1 Å². The number of hydrogen-bond acceptors (Lipinski definition) is 5. The van der Waals surface area contributed by atoms with Crippen LogP contribution in [0.4, 0.5) is 4.79 Å². The summed E-state index contributed by atoms with van der Waals surface area (Å²) in [4.78, 5) is 30.2. The molecule has 7 heteroatoms. The number of aliphatic carboxylic acids is 1. The van der Waals surface area contributed by atoms with Crippen molar-refractivity contribution in [3.63, 3.8) is 0 Å². The van der Waals surface area contributed by atoms with Gasteiger partial charge < -0.3 is 24.9 Å². The van der Waals surface area contributed by atoms with Crippen molar-refractivity contribution >= 4 is 12.1 Å². The van der Waals surface area contributed by atoms with Crippen LogP contribution in [0.3, 0.4) is 0 Å². The average molecular weight is 376 g/mol. The molecule has 4 rings (SSSR count). The smallest absolute Gasteiger partial charge is 0.407 e. The van der Waals surface area contributed by atoms with Gasteiger partial charge in [0.15, 0.2) is 0 Å². The summed E-state index contributed by atoms with van der Waals surface area (Å²) in [6, 6.07) is 14.8. The van der Waals surface area contributed by atoms with Crippen LogP contribution in [-0.2, 0) is 16.0 Å². The minimum absolute atomic E-state index is 0.0343. The lowest BCUT2D eigenvalue weighted by Crippen LogP contribution is -2.49. The number of rotatable bonds is 6. The Labute approximate surface area is 161 Å². The highest BCUT2D eigenvalue weighted by atomic mass is 16.5. The molecule has 1 aliphatic carbocycles. The molecule has 1 heterocycles. The minimum atomic E-state index is -1.39. The fourth-order valence-electron chi connectivity index (χ4n) is 3.59. The third-order valence-electron chi connectivity index (χ3n) is 4.90. The average Bonchev–Trinajstić information content (AvgIpc) is 3.32. The quantitative estimate of drug-likeness (QED) is 0.680. The van der Waals surface area contributed by atoms with Crippen LogP contribution >= 0.6 is 0 Å². The zero-order chi connectivity index (χ0) is 19.5. The summed E-state index contributed by atoms with van der Waals surface area (Å²) in [5.74, 6) is -1.48. The predicted octanol–water partition coefficient (Wildman–Crippen LogP) is 1.61. The van der Waals surface area contributed by atoms with E-state index in [4.69, 9.17) is 4.74 Å². The van der Waals surface area contributed by atoms with Crippen molar-refractivity contribution < 1.29 is 19.4 Å². The third kappa shape index (κ3) is 3.46. The monoisotopic (exact) mass is 376 g/mol. The molecular formula is C21H18N3O4-. The number of carboxylic acids is 1. The number of hydrogen-bond donors (Lipinski definition) is 2. The van der Waals surface area contributed by atoms with E-state index in [0.717, 1.165) is 22.3 Å². The molecule has 0 fully saturated rings. The molecular weight excluding hydrogens is 358 g/mol. The number of carboxylic acid groups (broad SMARTS) is 1. The topological polar surface area (TPSA) is 107 Å². The van der Waals surface area contributed by atoms with Gasteiger partial charge in [-0.05, 0) is 22.3 Å². The fourth-order valence-corrected chi connectivity index (χ4v) is 3.59. The van der Waals surface area contributed by atoms with E-state index in [1.54, 1.807) is 0 Å². The van der Waals surface area contributed by atoms with Crippen molar-refractivity contribution in [2.75, 3.05) is 6.61 Å². The van der Waals surface area contributed by atoms with E-state index in [-0.39, 0.29) is 18.9 Å². The first kappa shape index (κ1) is 17.8. The molecule has 0 radical (unpaired) electrons. The van der Waals surface area contributed by atoms with Crippen LogP contribution in [0, 0.1) is 0 Å². The maximum Gasteiger partial charge on any atom is 0.407 e. The number of H-pyrrole nitrogens is 1. The van der Waals surface area contributed by atoms with Crippen LogP contribution in [0.25, 0.3) is 11.1 Å². The summed E-state index contributed by atoms with van der Waals surface area (Å²) in [5, 5.41) is 13.7. The largest absolute Gasteiger partial charge is 0.548 e. The Balaban J connectivity index is 1.44. The SMILES string of the molecule is O=C(N[C@H](Cc1cnc[nH]1)C(=O)[O-])OCC1c2ccccc2-c2ccccc21. The standard InChI is InChI=1S/C21H19N3O4/c25-20(26)19(9-13-10-22-12-23-13)24-21(27)28-11-18-16-7-3-1-5-14(16)15-6-2-4-8-17(15)18/h1-8,10,12,18-19H,9,11H2,(H,22,23)(H,24,27)(H,25,26)/p-1/t19-/m1/s1. The molecule has 1 aromatic heterocycles. The minimum Gasteiger partial charge on any atom is -0.548 e. The number of nitrogens with one attached hydrogen (secondary N) is 2. The second kappa shape index (κ2) is 7.56. The number of imidazole rings is 1. The van der Waals surface area contributed by atoms with Crippen LogP contribution < -0.4 is 10.4 Å². The van der Waals surface area contributed by atoms with Crippen LogP contribution in [-0.4, -0.2) is 34.7 Å². The molecule has 2 N–H and O–H groups in total. The molecule has 0 saturated carbocycles. The molecule has 2 aromatic carbocycles. The number of ether oxygens (including phenoxy) is 1. The van der Waals surface area contributed by atoms with E-state index in [1.165, 1.54) is 12.5 Å². The lowest BCUT2D eigenvalue weighted by molar-refractivity contribution is -0.308. The highest BCUT2D eigenvalue weighted by Crippen LogP contribution is 2.44. The number of amides is 1. The molecule has 0 saturated heterocycles. The Kier molecular flexibility index (Phi) is 4.80. The zero-order valence-electron chi connectivity index (χ0n) is 14.9. The van der Waals surface area contributed by atoms with Crippen molar-refractivity contribution in [1.82, 2.24) is 15.3 Å². The molecule has 0 bridgehead atoms. The first-order chi connectivity index (χ1) is 13.6. The summed E-state index contributed by atoms with van der Waals surface area (Å²) in [5.41, 5.74) is 5.00. The maximum atomic E-state index is 12.2. The molecule has 28 heavy (non-hydrogen) atoms. The van der Waals surface area contributed by atoms with Gasteiger partial charge in [-0.2, -0.15) is 0 Å². The van der Waals surface area contributed by atoms with Crippen molar-refractivity contribution in [3.05, 3.63) is 77.9 Å². The number of benzene rings is 2. The van der Waals surface area contributed by atoms with Gasteiger partial charge in [0.05, 0.1) is 18.3 Å². The third-order valence-corrected chi connectivity index (χ3v) is 4.90. The summed E-state index contributed by atoms with van der Waals surface area (Å²) in [6.07, 6.45) is 2.17. The van der Waals surface area contributed by atoms with Crippen molar-refractivity contribution in [3.8, 4) is 11.1 Å². The molecule has 3 aromatic rings. The number of aromatic nitrogens is 2. The van der Waals surface area contributed by atoms with E-state index >= 15 is 0 Å². The van der Waals surface area contributed by atoms with E-state index in [2.05, 4.69) is 15.3 Å². The number of nitrogens with zero attached hydrogens (tertiary/aromatic N) is 1. The summed E-state index contributed by atoms with van der Waals surface area (Å²) >= 11 is 0. The first-order valence-electron chi connectivity index (χ1n) is 8.93. The van der Waals surface area contributed by atoms with E-state index in [1.807, 2.05) is 48.5 Å². The second-order valence-electron chi connectivity index (χ2n) is 6.62. The number of aromatic amines is 1. The molecule has 142 valence electrons. The molecule has 1 aliphatic rings. The number of carbonyl (C=O) groups is 2. The highest BCUT2D eigenvalue weighted by Gasteiger charge is 2.29. The van der Waals surface area contributed by atoms with Crippen molar-refractivity contribution in [1.29, 1.82) is 0 Å². The van der Waals surface area contributed by atoms with Gasteiger partial charge in [-0.15, -0.1) is 0 Å². The van der Waals surface area contributed by atoms with Crippen LogP contribution in [0.5, 0.6) is 0 Å². The first-order valence-corrected chi connectivity index (χ1v) is 8.93. The molecule has 1 amide bonds. The second-order valence-corrected chi connectivity index (χ2v) is 6.62. The maximum absolute atomic E-state index is 12.2. The predicted molar refractivity (Wildman–Crippen MR) is 99.3 cm³/mol. The Bertz CT molecular complexity index is 955. The van der Waals surface area contributed by atoms with Gasteiger partial charge in [0, 0.05) is 24.2 Å². The number of alkyl carbamates (subject to hydrolysis) is 1. The number of carbonyl (C=O) groups excluding carboxylic acids is 2. The van der Waals surface area contributed by atoms with Crippen molar-refractivity contribution in [2.24, 2.45) is 0 Å². The Morgan fingerprint density at radius 1 is 1.11 bits per heavy atom.